The van der Waals surface area contributed by atoms with E-state index in [1.54, 1.807) is 0 Å². The van der Waals surface area contributed by atoms with Crippen molar-refractivity contribution in [3.8, 4) is 0 Å². The Morgan fingerprint density at radius 1 is 1.45 bits per heavy atom. The van der Waals surface area contributed by atoms with Crippen LogP contribution in [0.15, 0.2) is 18.2 Å². The fraction of sp³-hybridized carbons (Fsp3) is 0.625. The van der Waals surface area contributed by atoms with E-state index in [9.17, 15) is 0 Å². The van der Waals surface area contributed by atoms with Crippen LogP contribution in [0, 0.1) is 0 Å². The third kappa shape index (κ3) is 3.27. The van der Waals surface area contributed by atoms with Gasteiger partial charge in [0.25, 0.3) is 0 Å². The molecule has 1 saturated heterocycles. The number of ether oxygens (including phenoxy) is 1. The molecular formula is C16H25ClN2O. The van der Waals surface area contributed by atoms with Gasteiger partial charge in [-0.2, -0.15) is 0 Å². The molecule has 0 aliphatic carbocycles. The molecule has 1 aromatic carbocycles. The van der Waals surface area contributed by atoms with Crippen molar-refractivity contribution in [2.24, 2.45) is 0 Å². The number of hydrogen-bond acceptors (Lipinski definition) is 3. The number of anilines is 1. The molecule has 1 unspecified atom stereocenters. The molecule has 1 aliphatic heterocycles. The monoisotopic (exact) mass is 296 g/mol. The topological polar surface area (TPSA) is 24.5 Å². The Labute approximate surface area is 127 Å². The van der Waals surface area contributed by atoms with Gasteiger partial charge in [0.05, 0.1) is 29.5 Å². The van der Waals surface area contributed by atoms with E-state index in [0.29, 0.717) is 6.04 Å². The van der Waals surface area contributed by atoms with Gasteiger partial charge in [-0.15, -0.1) is 0 Å². The summed E-state index contributed by atoms with van der Waals surface area (Å²) in [4.78, 5) is 2.35. The van der Waals surface area contributed by atoms with E-state index < -0.39 is 0 Å². The minimum atomic E-state index is -0.0172. The van der Waals surface area contributed by atoms with Gasteiger partial charge in [0.15, 0.2) is 0 Å². The van der Waals surface area contributed by atoms with Crippen molar-refractivity contribution in [1.82, 2.24) is 5.32 Å². The zero-order valence-electron chi connectivity index (χ0n) is 12.9. The summed E-state index contributed by atoms with van der Waals surface area (Å²) in [6.07, 6.45) is 0. The highest BCUT2D eigenvalue weighted by Gasteiger charge is 2.31. The molecular weight excluding hydrogens is 272 g/mol. The van der Waals surface area contributed by atoms with E-state index >= 15 is 0 Å². The van der Waals surface area contributed by atoms with Gasteiger partial charge in [-0.1, -0.05) is 24.6 Å². The van der Waals surface area contributed by atoms with Crippen LogP contribution in [0.25, 0.3) is 0 Å². The Bertz CT molecular complexity index is 462. The van der Waals surface area contributed by atoms with Crippen LogP contribution < -0.4 is 10.2 Å². The van der Waals surface area contributed by atoms with Crippen molar-refractivity contribution in [2.45, 2.75) is 39.3 Å². The highest BCUT2D eigenvalue weighted by Crippen LogP contribution is 2.34. The first-order valence-electron chi connectivity index (χ1n) is 7.34. The lowest BCUT2D eigenvalue weighted by molar-refractivity contribution is 0.0644. The molecule has 2 rings (SSSR count). The lowest BCUT2D eigenvalue weighted by atomic mass is 10.00. The summed E-state index contributed by atoms with van der Waals surface area (Å²) < 4.78 is 5.58. The molecule has 0 aromatic heterocycles. The summed E-state index contributed by atoms with van der Waals surface area (Å²) in [5.74, 6) is 0. The summed E-state index contributed by atoms with van der Waals surface area (Å²) in [6, 6.07) is 6.71. The molecule has 0 amide bonds. The number of nitrogens with one attached hydrogen (secondary N) is 1. The molecule has 0 saturated carbocycles. The molecule has 1 N–H and O–H groups in total. The first-order valence-corrected chi connectivity index (χ1v) is 7.71. The highest BCUT2D eigenvalue weighted by atomic mass is 35.5. The average molecular weight is 297 g/mol. The predicted molar refractivity (Wildman–Crippen MR) is 85.8 cm³/mol. The zero-order chi connectivity index (χ0) is 14.8. The van der Waals surface area contributed by atoms with Crippen molar-refractivity contribution in [2.75, 3.05) is 31.2 Å². The first kappa shape index (κ1) is 15.6. The molecule has 3 nitrogen and oxygen atoms in total. The van der Waals surface area contributed by atoms with Crippen molar-refractivity contribution in [1.29, 1.82) is 0 Å². The van der Waals surface area contributed by atoms with Gasteiger partial charge in [-0.25, -0.2) is 0 Å². The number of benzene rings is 1. The number of hydrogen-bond donors (Lipinski definition) is 1. The van der Waals surface area contributed by atoms with Gasteiger partial charge >= 0.3 is 0 Å². The van der Waals surface area contributed by atoms with E-state index in [4.69, 9.17) is 16.3 Å². The van der Waals surface area contributed by atoms with Crippen LogP contribution in [0.3, 0.4) is 0 Å². The average Bonchev–Trinajstić information content (AvgIpc) is 2.39. The lowest BCUT2D eigenvalue weighted by Gasteiger charge is -2.44. The Morgan fingerprint density at radius 2 is 2.20 bits per heavy atom. The van der Waals surface area contributed by atoms with Gasteiger partial charge in [0.2, 0.25) is 0 Å². The predicted octanol–water partition coefficient (Wildman–Crippen LogP) is 3.63. The molecule has 4 heteroatoms. The second-order valence-electron chi connectivity index (χ2n) is 6.01. The summed E-state index contributed by atoms with van der Waals surface area (Å²) in [7, 11) is 0. The molecule has 0 radical (unpaired) electrons. The van der Waals surface area contributed by atoms with Crippen LogP contribution in [0.1, 0.15) is 39.3 Å². The standard InChI is InChI=1S/C16H25ClN2O/c1-5-18-12(2)13-6-7-15(14(17)10-13)19-8-9-20-11-16(19,3)4/h6-7,10,12,18H,5,8-9,11H2,1-4H3. The molecule has 1 aliphatic rings. The molecule has 112 valence electrons. The first-order chi connectivity index (χ1) is 9.45. The molecule has 0 spiro atoms. The summed E-state index contributed by atoms with van der Waals surface area (Å²) in [6.45, 7) is 12.0. The molecule has 20 heavy (non-hydrogen) atoms. The maximum absolute atomic E-state index is 6.52. The maximum Gasteiger partial charge on any atom is 0.0694 e. The second kappa shape index (κ2) is 6.33. The fourth-order valence-electron chi connectivity index (χ4n) is 2.74. The molecule has 1 atom stereocenters. The molecule has 0 bridgehead atoms. The minimum Gasteiger partial charge on any atom is -0.377 e. The number of rotatable bonds is 4. The van der Waals surface area contributed by atoms with Crippen LogP contribution in [-0.2, 0) is 4.74 Å². The van der Waals surface area contributed by atoms with Crippen LogP contribution >= 0.6 is 11.6 Å². The smallest absolute Gasteiger partial charge is 0.0694 e. The molecule has 1 aromatic rings. The Hall–Kier alpha value is -0.770. The maximum atomic E-state index is 6.52. The van der Waals surface area contributed by atoms with Crippen molar-refractivity contribution >= 4 is 17.3 Å². The molecule has 1 heterocycles. The van der Waals surface area contributed by atoms with Crippen molar-refractivity contribution in [3.63, 3.8) is 0 Å². The van der Waals surface area contributed by atoms with Gasteiger partial charge in [0.1, 0.15) is 0 Å². The zero-order valence-corrected chi connectivity index (χ0v) is 13.6. The minimum absolute atomic E-state index is 0.0172. The van der Waals surface area contributed by atoms with Crippen LogP contribution in [-0.4, -0.2) is 31.8 Å². The summed E-state index contributed by atoms with van der Waals surface area (Å²) in [5.41, 5.74) is 2.32. The summed E-state index contributed by atoms with van der Waals surface area (Å²) >= 11 is 6.52. The van der Waals surface area contributed by atoms with Crippen molar-refractivity contribution in [3.05, 3.63) is 28.8 Å². The van der Waals surface area contributed by atoms with E-state index in [2.05, 4.69) is 56.1 Å². The highest BCUT2D eigenvalue weighted by molar-refractivity contribution is 6.33. The summed E-state index contributed by atoms with van der Waals surface area (Å²) in [5, 5.41) is 4.23. The second-order valence-corrected chi connectivity index (χ2v) is 6.41. The third-order valence-corrected chi connectivity index (χ3v) is 4.22. The third-order valence-electron chi connectivity index (χ3n) is 3.92. The fourth-order valence-corrected chi connectivity index (χ4v) is 3.03. The van der Waals surface area contributed by atoms with Crippen LogP contribution in [0.5, 0.6) is 0 Å². The van der Waals surface area contributed by atoms with Gasteiger partial charge in [0, 0.05) is 12.6 Å². The Balaban J connectivity index is 2.25. The largest absolute Gasteiger partial charge is 0.377 e. The van der Waals surface area contributed by atoms with Crippen molar-refractivity contribution < 1.29 is 4.74 Å². The van der Waals surface area contributed by atoms with Gasteiger partial charge in [-0.3, -0.25) is 0 Å². The normalized spacial score (nSPS) is 19.9. The van der Waals surface area contributed by atoms with Crippen LogP contribution in [0.4, 0.5) is 5.69 Å². The van der Waals surface area contributed by atoms with E-state index in [1.807, 2.05) is 0 Å². The SMILES string of the molecule is CCNC(C)c1ccc(N2CCOCC2(C)C)c(Cl)c1. The number of morpholine rings is 1. The Morgan fingerprint density at radius 3 is 2.80 bits per heavy atom. The molecule has 1 fully saturated rings. The van der Waals surface area contributed by atoms with Gasteiger partial charge < -0.3 is 15.0 Å². The number of nitrogens with zero attached hydrogens (tertiary/aromatic N) is 1. The van der Waals surface area contributed by atoms with Gasteiger partial charge in [-0.05, 0) is 45.0 Å². The van der Waals surface area contributed by atoms with E-state index in [1.165, 1.54) is 5.56 Å². The van der Waals surface area contributed by atoms with E-state index in [-0.39, 0.29) is 5.54 Å². The van der Waals surface area contributed by atoms with Crippen LogP contribution in [0.2, 0.25) is 5.02 Å². The van der Waals surface area contributed by atoms with E-state index in [0.717, 1.165) is 37.0 Å². The Kier molecular flexibility index (Phi) is 4.95. The number of halogens is 1. The lowest BCUT2D eigenvalue weighted by Crippen LogP contribution is -2.53. The quantitative estimate of drug-likeness (QED) is 0.918.